The number of alkyl halides is 3. The highest BCUT2D eigenvalue weighted by Gasteiger charge is 2.37. The van der Waals surface area contributed by atoms with Crippen LogP contribution >= 0.6 is 15.9 Å². The minimum atomic E-state index is -4.82. The van der Waals surface area contributed by atoms with Gasteiger partial charge in [-0.15, -0.1) is 0 Å². The summed E-state index contributed by atoms with van der Waals surface area (Å²) in [5.41, 5.74) is -2.04. The van der Waals surface area contributed by atoms with Crippen molar-refractivity contribution in [2.24, 2.45) is 0 Å². The van der Waals surface area contributed by atoms with Crippen molar-refractivity contribution in [2.45, 2.75) is 25.1 Å². The van der Waals surface area contributed by atoms with E-state index in [0.29, 0.717) is 6.07 Å². The maximum Gasteiger partial charge on any atom is 0.419 e. The number of halogens is 5. The number of rotatable bonds is 2. The Balaban J connectivity index is 2.41. The van der Waals surface area contributed by atoms with Gasteiger partial charge in [0.2, 0.25) is 0 Å². The molecule has 2 nitrogen and oxygen atoms in total. The highest BCUT2D eigenvalue weighted by Crippen LogP contribution is 2.35. The van der Waals surface area contributed by atoms with E-state index in [0.717, 1.165) is 18.9 Å². The third-order valence-electron chi connectivity index (χ3n) is 2.54. The minimum absolute atomic E-state index is 0.00569. The largest absolute Gasteiger partial charge is 0.419 e. The molecular formula is C11H8BrF4NO. The maximum absolute atomic E-state index is 13.7. The Morgan fingerprint density at radius 3 is 2.44 bits per heavy atom. The second-order valence-electron chi connectivity index (χ2n) is 4.03. The van der Waals surface area contributed by atoms with Gasteiger partial charge in [0.05, 0.1) is 11.1 Å². The Morgan fingerprint density at radius 1 is 1.33 bits per heavy atom. The Hall–Kier alpha value is -1.11. The summed E-state index contributed by atoms with van der Waals surface area (Å²) in [5.74, 6) is -2.37. The molecule has 0 heterocycles. The first-order chi connectivity index (χ1) is 8.30. The van der Waals surface area contributed by atoms with Crippen LogP contribution in [0.25, 0.3) is 0 Å². The van der Waals surface area contributed by atoms with Gasteiger partial charge >= 0.3 is 6.18 Å². The van der Waals surface area contributed by atoms with Gasteiger partial charge < -0.3 is 5.32 Å². The molecule has 18 heavy (non-hydrogen) atoms. The van der Waals surface area contributed by atoms with E-state index in [-0.39, 0.29) is 10.5 Å². The van der Waals surface area contributed by atoms with E-state index in [2.05, 4.69) is 21.2 Å². The molecule has 1 fully saturated rings. The van der Waals surface area contributed by atoms with Crippen LogP contribution in [0.5, 0.6) is 0 Å². The van der Waals surface area contributed by atoms with Crippen molar-refractivity contribution >= 4 is 21.8 Å². The van der Waals surface area contributed by atoms with Crippen molar-refractivity contribution in [1.29, 1.82) is 0 Å². The quantitative estimate of drug-likeness (QED) is 0.828. The van der Waals surface area contributed by atoms with Gasteiger partial charge in [0.15, 0.2) is 0 Å². The molecule has 0 unspecified atom stereocenters. The Morgan fingerprint density at radius 2 is 1.94 bits per heavy atom. The van der Waals surface area contributed by atoms with E-state index < -0.39 is 29.0 Å². The smallest absolute Gasteiger partial charge is 0.349 e. The van der Waals surface area contributed by atoms with E-state index in [4.69, 9.17) is 0 Å². The van der Waals surface area contributed by atoms with E-state index in [1.54, 1.807) is 0 Å². The first kappa shape index (κ1) is 13.3. The van der Waals surface area contributed by atoms with Crippen molar-refractivity contribution in [3.8, 4) is 0 Å². The summed E-state index contributed by atoms with van der Waals surface area (Å²) in [6.07, 6.45) is -3.28. The zero-order valence-electron chi connectivity index (χ0n) is 8.94. The maximum atomic E-state index is 13.7. The third-order valence-corrected chi connectivity index (χ3v) is 3.20. The van der Waals surface area contributed by atoms with Crippen molar-refractivity contribution in [2.75, 3.05) is 0 Å². The number of hydrogen-bond acceptors (Lipinski definition) is 1. The van der Waals surface area contributed by atoms with Gasteiger partial charge in [0, 0.05) is 10.5 Å². The van der Waals surface area contributed by atoms with E-state index >= 15 is 0 Å². The molecule has 0 saturated heterocycles. The van der Waals surface area contributed by atoms with Gasteiger partial charge in [-0.25, -0.2) is 4.39 Å². The molecule has 1 aromatic carbocycles. The van der Waals surface area contributed by atoms with Crippen molar-refractivity contribution in [3.05, 3.63) is 33.5 Å². The fourth-order valence-electron chi connectivity index (χ4n) is 1.46. The topological polar surface area (TPSA) is 29.1 Å². The second kappa shape index (κ2) is 4.53. The summed E-state index contributed by atoms with van der Waals surface area (Å²) in [5, 5.41) is 2.45. The van der Waals surface area contributed by atoms with Gasteiger partial charge in [-0.3, -0.25) is 4.79 Å². The average molecular weight is 326 g/mol. The van der Waals surface area contributed by atoms with Crippen molar-refractivity contribution < 1.29 is 22.4 Å². The lowest BCUT2D eigenvalue weighted by molar-refractivity contribution is -0.140. The molecule has 7 heteroatoms. The molecule has 1 aliphatic carbocycles. The molecule has 1 N–H and O–H groups in total. The molecule has 1 saturated carbocycles. The van der Waals surface area contributed by atoms with E-state index in [9.17, 15) is 22.4 Å². The molecule has 1 aliphatic rings. The summed E-state index contributed by atoms with van der Waals surface area (Å²) in [6.45, 7) is 0. The SMILES string of the molecule is O=C(NC1CC1)c1c(Br)ccc(C(F)(F)F)c1F. The third kappa shape index (κ3) is 2.66. The lowest BCUT2D eigenvalue weighted by atomic mass is 10.1. The first-order valence-corrected chi connectivity index (χ1v) is 5.96. The number of amides is 1. The van der Waals surface area contributed by atoms with Gasteiger partial charge in [-0.05, 0) is 40.9 Å². The first-order valence-electron chi connectivity index (χ1n) is 5.16. The number of carbonyl (C=O) groups excluding carboxylic acids is 1. The van der Waals surface area contributed by atoms with Crippen LogP contribution in [0.3, 0.4) is 0 Å². The number of hydrogen-bond donors (Lipinski definition) is 1. The monoisotopic (exact) mass is 325 g/mol. The molecule has 0 spiro atoms. The van der Waals surface area contributed by atoms with Crippen LogP contribution in [0.2, 0.25) is 0 Å². The number of nitrogens with one attached hydrogen (secondary N) is 1. The van der Waals surface area contributed by atoms with Crippen LogP contribution in [0.15, 0.2) is 16.6 Å². The summed E-state index contributed by atoms with van der Waals surface area (Å²) in [4.78, 5) is 11.7. The minimum Gasteiger partial charge on any atom is -0.349 e. The van der Waals surface area contributed by atoms with Crippen LogP contribution in [0.1, 0.15) is 28.8 Å². The lowest BCUT2D eigenvalue weighted by Gasteiger charge is -2.12. The van der Waals surface area contributed by atoms with E-state index in [1.807, 2.05) is 0 Å². The van der Waals surface area contributed by atoms with Crippen LogP contribution in [0.4, 0.5) is 17.6 Å². The standard InChI is InChI=1S/C11H8BrF4NO/c12-7-4-3-6(11(14,15)16)9(13)8(7)10(18)17-5-1-2-5/h3-5H,1-2H2,(H,17,18). The summed E-state index contributed by atoms with van der Waals surface area (Å²) < 4.78 is 51.3. The Labute approximate surface area is 108 Å². The van der Waals surface area contributed by atoms with Gasteiger partial charge in [0.1, 0.15) is 5.82 Å². The van der Waals surface area contributed by atoms with E-state index in [1.165, 1.54) is 0 Å². The van der Waals surface area contributed by atoms with Crippen molar-refractivity contribution in [1.82, 2.24) is 5.32 Å². The normalized spacial score (nSPS) is 15.6. The molecule has 0 aliphatic heterocycles. The fourth-order valence-corrected chi connectivity index (χ4v) is 1.95. The molecule has 0 bridgehead atoms. The molecule has 0 atom stereocenters. The van der Waals surface area contributed by atoms with Crippen LogP contribution in [0, 0.1) is 5.82 Å². The Bertz CT molecular complexity index is 497. The Kier molecular flexibility index (Phi) is 3.35. The second-order valence-corrected chi connectivity index (χ2v) is 4.88. The van der Waals surface area contributed by atoms with Gasteiger partial charge in [0.25, 0.3) is 5.91 Å². The average Bonchev–Trinajstić information content (AvgIpc) is 2.99. The highest BCUT2D eigenvalue weighted by atomic mass is 79.9. The molecule has 0 radical (unpaired) electrons. The van der Waals surface area contributed by atoms with Gasteiger partial charge in [-0.1, -0.05) is 0 Å². The highest BCUT2D eigenvalue weighted by molar-refractivity contribution is 9.10. The summed E-state index contributed by atoms with van der Waals surface area (Å²) in [6, 6.07) is 1.57. The molecule has 1 amide bonds. The summed E-state index contributed by atoms with van der Waals surface area (Å²) >= 11 is 2.89. The van der Waals surface area contributed by atoms with Crippen LogP contribution < -0.4 is 5.32 Å². The van der Waals surface area contributed by atoms with Gasteiger partial charge in [-0.2, -0.15) is 13.2 Å². The van der Waals surface area contributed by atoms with Crippen LogP contribution in [-0.4, -0.2) is 11.9 Å². The predicted molar refractivity (Wildman–Crippen MR) is 59.6 cm³/mol. The number of carbonyl (C=O) groups is 1. The molecule has 1 aromatic rings. The number of benzene rings is 1. The summed E-state index contributed by atoms with van der Waals surface area (Å²) in [7, 11) is 0. The fraction of sp³-hybridized carbons (Fsp3) is 0.364. The van der Waals surface area contributed by atoms with Crippen LogP contribution in [-0.2, 0) is 6.18 Å². The molecular weight excluding hydrogens is 318 g/mol. The van der Waals surface area contributed by atoms with Crippen molar-refractivity contribution in [3.63, 3.8) is 0 Å². The zero-order valence-corrected chi connectivity index (χ0v) is 10.5. The predicted octanol–water partition coefficient (Wildman–Crippen LogP) is 3.50. The molecule has 98 valence electrons. The molecule has 0 aromatic heterocycles. The lowest BCUT2D eigenvalue weighted by Crippen LogP contribution is -2.27. The zero-order chi connectivity index (χ0) is 13.5. The molecule has 2 rings (SSSR count).